The molecule has 0 saturated heterocycles. The van der Waals surface area contributed by atoms with Gasteiger partial charge in [-0.1, -0.05) is 6.07 Å². The van der Waals surface area contributed by atoms with Crippen LogP contribution in [0.4, 0.5) is 24.5 Å². The van der Waals surface area contributed by atoms with Gasteiger partial charge in [-0.2, -0.15) is 18.3 Å². The predicted octanol–water partition coefficient (Wildman–Crippen LogP) is 4.39. The highest BCUT2D eigenvalue weighted by Gasteiger charge is 2.29. The van der Waals surface area contributed by atoms with E-state index in [4.69, 9.17) is 0 Å². The molecule has 29 heavy (non-hydrogen) atoms. The molecule has 0 fully saturated rings. The molecule has 1 unspecified atom stereocenters. The first-order valence-corrected chi connectivity index (χ1v) is 8.78. The van der Waals surface area contributed by atoms with Crippen LogP contribution in [-0.4, -0.2) is 26.2 Å². The van der Waals surface area contributed by atoms with Gasteiger partial charge in [-0.3, -0.25) is 4.68 Å². The van der Waals surface area contributed by atoms with E-state index in [0.717, 1.165) is 34.2 Å². The van der Waals surface area contributed by atoms with Crippen LogP contribution in [0.15, 0.2) is 61.1 Å². The van der Waals surface area contributed by atoms with Crippen LogP contribution in [0.5, 0.6) is 0 Å². The standard InChI is InChI=1S/C20H18F3N5O/c1-28-11-12(9-25-28)17-10-24-18-8-15(6-7-16(17)18)27-19(29)26-14-4-2-13(3-5-14)20(21,22)23/h2-11,19,24,26-27,29H,1H3. The SMILES string of the molecule is Cn1cc(-c2c[nH]c3cc(NC(O)Nc4ccc(C(F)(F)F)cc4)ccc23)cn1. The van der Waals surface area contributed by atoms with E-state index in [1.54, 1.807) is 10.9 Å². The minimum atomic E-state index is -4.39. The topological polar surface area (TPSA) is 77.9 Å². The molecule has 0 bridgehead atoms. The van der Waals surface area contributed by atoms with Crippen molar-refractivity contribution in [3.8, 4) is 11.1 Å². The Kier molecular flexibility index (Phi) is 4.67. The second kappa shape index (κ2) is 7.17. The number of alkyl halides is 3. The van der Waals surface area contributed by atoms with Crippen molar-refractivity contribution in [1.29, 1.82) is 0 Å². The summed E-state index contributed by atoms with van der Waals surface area (Å²) in [6.07, 6.45) is 0.0218. The number of aliphatic hydroxyl groups is 1. The van der Waals surface area contributed by atoms with Crippen LogP contribution in [0.2, 0.25) is 0 Å². The van der Waals surface area contributed by atoms with Crippen molar-refractivity contribution in [1.82, 2.24) is 14.8 Å². The number of fused-ring (bicyclic) bond motifs is 1. The number of benzene rings is 2. The summed E-state index contributed by atoms with van der Waals surface area (Å²) in [5, 5.41) is 20.9. The number of aryl methyl sites for hydroxylation is 1. The first-order chi connectivity index (χ1) is 13.8. The number of aromatic amines is 1. The van der Waals surface area contributed by atoms with Crippen molar-refractivity contribution in [3.63, 3.8) is 0 Å². The van der Waals surface area contributed by atoms with Gasteiger partial charge in [-0.25, -0.2) is 0 Å². The van der Waals surface area contributed by atoms with E-state index in [9.17, 15) is 18.3 Å². The zero-order chi connectivity index (χ0) is 20.6. The molecule has 0 aliphatic heterocycles. The third kappa shape index (κ3) is 4.04. The fraction of sp³-hybridized carbons (Fsp3) is 0.150. The van der Waals surface area contributed by atoms with Gasteiger partial charge in [-0.05, 0) is 36.4 Å². The number of aliphatic hydroxyl groups excluding tert-OH is 1. The third-order valence-corrected chi connectivity index (χ3v) is 4.52. The molecule has 2 heterocycles. The van der Waals surface area contributed by atoms with Gasteiger partial charge in [0.1, 0.15) is 0 Å². The van der Waals surface area contributed by atoms with Gasteiger partial charge < -0.3 is 20.7 Å². The first-order valence-electron chi connectivity index (χ1n) is 8.78. The van der Waals surface area contributed by atoms with Crippen LogP contribution >= 0.6 is 0 Å². The zero-order valence-corrected chi connectivity index (χ0v) is 15.3. The lowest BCUT2D eigenvalue weighted by molar-refractivity contribution is -0.137. The summed E-state index contributed by atoms with van der Waals surface area (Å²) < 4.78 is 39.6. The zero-order valence-electron chi connectivity index (χ0n) is 15.3. The molecule has 6 nitrogen and oxygen atoms in total. The van der Waals surface area contributed by atoms with E-state index in [2.05, 4.69) is 20.7 Å². The average Bonchev–Trinajstić information content (AvgIpc) is 3.27. The number of hydrogen-bond acceptors (Lipinski definition) is 4. The molecule has 9 heteroatoms. The van der Waals surface area contributed by atoms with Crippen molar-refractivity contribution >= 4 is 22.3 Å². The van der Waals surface area contributed by atoms with Crippen molar-refractivity contribution in [2.45, 2.75) is 12.5 Å². The number of aromatic nitrogens is 3. The summed E-state index contributed by atoms with van der Waals surface area (Å²) in [7, 11) is 1.85. The minimum absolute atomic E-state index is 0.359. The molecule has 1 atom stereocenters. The van der Waals surface area contributed by atoms with E-state index >= 15 is 0 Å². The average molecular weight is 401 g/mol. The van der Waals surface area contributed by atoms with Crippen LogP contribution in [0.3, 0.4) is 0 Å². The monoisotopic (exact) mass is 401 g/mol. The van der Waals surface area contributed by atoms with E-state index in [-0.39, 0.29) is 0 Å². The smallest absolute Gasteiger partial charge is 0.360 e. The molecule has 2 aromatic heterocycles. The summed E-state index contributed by atoms with van der Waals surface area (Å²) in [4.78, 5) is 3.19. The fourth-order valence-electron chi connectivity index (χ4n) is 3.12. The Morgan fingerprint density at radius 3 is 2.41 bits per heavy atom. The van der Waals surface area contributed by atoms with Crippen molar-refractivity contribution in [2.75, 3.05) is 10.6 Å². The first kappa shape index (κ1) is 18.9. The Morgan fingerprint density at radius 1 is 1.07 bits per heavy atom. The van der Waals surface area contributed by atoms with Gasteiger partial charge in [0.05, 0.1) is 11.8 Å². The van der Waals surface area contributed by atoms with Crippen molar-refractivity contribution < 1.29 is 18.3 Å². The summed E-state index contributed by atoms with van der Waals surface area (Å²) in [6, 6.07) is 10.0. The fourth-order valence-corrected chi connectivity index (χ4v) is 3.12. The van der Waals surface area contributed by atoms with Gasteiger partial charge in [0.15, 0.2) is 0 Å². The number of halogens is 3. The van der Waals surface area contributed by atoms with E-state index < -0.39 is 18.1 Å². The molecule has 2 aromatic carbocycles. The maximum atomic E-state index is 12.6. The van der Waals surface area contributed by atoms with Gasteiger partial charge in [0.25, 0.3) is 0 Å². The highest BCUT2D eigenvalue weighted by molar-refractivity contribution is 5.96. The second-order valence-electron chi connectivity index (χ2n) is 6.63. The molecule has 0 radical (unpaired) electrons. The van der Waals surface area contributed by atoms with E-state index in [1.807, 2.05) is 37.6 Å². The van der Waals surface area contributed by atoms with Crippen molar-refractivity contribution in [3.05, 3.63) is 66.6 Å². The van der Waals surface area contributed by atoms with Crippen LogP contribution in [0, 0.1) is 0 Å². The van der Waals surface area contributed by atoms with Gasteiger partial charge in [0, 0.05) is 52.8 Å². The van der Waals surface area contributed by atoms with E-state index in [0.29, 0.717) is 11.4 Å². The van der Waals surface area contributed by atoms with Crippen LogP contribution < -0.4 is 10.6 Å². The molecular weight excluding hydrogens is 383 g/mol. The lowest BCUT2D eigenvalue weighted by atomic mass is 10.1. The molecule has 4 rings (SSSR count). The highest BCUT2D eigenvalue weighted by Crippen LogP contribution is 2.31. The van der Waals surface area contributed by atoms with Gasteiger partial charge >= 0.3 is 6.18 Å². The Hall–Kier alpha value is -3.46. The third-order valence-electron chi connectivity index (χ3n) is 4.52. The van der Waals surface area contributed by atoms with E-state index in [1.165, 1.54) is 12.1 Å². The molecule has 0 saturated carbocycles. The Bertz CT molecular complexity index is 1130. The largest absolute Gasteiger partial charge is 0.416 e. The Morgan fingerprint density at radius 2 is 1.76 bits per heavy atom. The molecule has 0 spiro atoms. The molecule has 4 N–H and O–H groups in total. The summed E-state index contributed by atoms with van der Waals surface area (Å²) in [5.74, 6) is 0. The number of H-pyrrole nitrogens is 1. The van der Waals surface area contributed by atoms with Crippen LogP contribution in [0.1, 0.15) is 5.56 Å². The molecule has 4 aromatic rings. The molecule has 0 aliphatic rings. The maximum absolute atomic E-state index is 12.6. The number of hydrogen-bond donors (Lipinski definition) is 4. The summed E-state index contributed by atoms with van der Waals surface area (Å²) >= 11 is 0. The summed E-state index contributed by atoms with van der Waals surface area (Å²) in [6.45, 7) is 0. The van der Waals surface area contributed by atoms with Crippen molar-refractivity contribution in [2.24, 2.45) is 7.05 Å². The quantitative estimate of drug-likeness (QED) is 0.374. The maximum Gasteiger partial charge on any atom is 0.416 e. The normalized spacial score (nSPS) is 12.9. The van der Waals surface area contributed by atoms with Gasteiger partial charge in [0.2, 0.25) is 6.35 Å². The van der Waals surface area contributed by atoms with Crippen LogP contribution in [0.25, 0.3) is 22.0 Å². The highest BCUT2D eigenvalue weighted by atomic mass is 19.4. The number of rotatable bonds is 5. The molecular formula is C20H18F3N5O. The Balaban J connectivity index is 1.46. The van der Waals surface area contributed by atoms with Gasteiger partial charge in [-0.15, -0.1) is 0 Å². The summed E-state index contributed by atoms with van der Waals surface area (Å²) in [5.41, 5.74) is 3.14. The second-order valence-corrected chi connectivity index (χ2v) is 6.63. The molecule has 0 aliphatic carbocycles. The number of nitrogens with one attached hydrogen (secondary N) is 3. The number of nitrogens with zero attached hydrogens (tertiary/aromatic N) is 2. The lowest BCUT2D eigenvalue weighted by Gasteiger charge is -2.17. The molecule has 150 valence electrons. The Labute approximate surface area is 164 Å². The van der Waals surface area contributed by atoms with Crippen LogP contribution in [-0.2, 0) is 13.2 Å². The minimum Gasteiger partial charge on any atom is -0.360 e. The predicted molar refractivity (Wildman–Crippen MR) is 105 cm³/mol. The molecule has 0 amide bonds. The lowest BCUT2D eigenvalue weighted by Crippen LogP contribution is -2.27. The number of anilines is 2.